The molecule has 1 aliphatic heterocycles. The van der Waals surface area contributed by atoms with Crippen LogP contribution in [0.25, 0.3) is 0 Å². The number of carboxylic acid groups (broad SMARTS) is 1. The van der Waals surface area contributed by atoms with E-state index >= 15 is 0 Å². The van der Waals surface area contributed by atoms with Crippen molar-refractivity contribution in [3.8, 4) is 0 Å². The van der Waals surface area contributed by atoms with Crippen LogP contribution in [0.2, 0.25) is 0 Å². The summed E-state index contributed by atoms with van der Waals surface area (Å²) in [5, 5.41) is 9.40. The number of aliphatic carboxylic acids is 1. The summed E-state index contributed by atoms with van der Waals surface area (Å²) in [6.07, 6.45) is 1.93. The lowest BCUT2D eigenvalue weighted by atomic mass is 9.76. The number of rotatable bonds is 4. The Labute approximate surface area is 119 Å². The second-order valence-electron chi connectivity index (χ2n) is 5.67. The molecule has 0 bridgehead atoms. The van der Waals surface area contributed by atoms with Gasteiger partial charge in [0.05, 0.1) is 5.41 Å². The van der Waals surface area contributed by atoms with Crippen LogP contribution in [0.3, 0.4) is 0 Å². The normalized spacial score (nSPS) is 20.6. The highest BCUT2D eigenvalue weighted by Crippen LogP contribution is 2.37. The summed E-state index contributed by atoms with van der Waals surface area (Å²) in [4.78, 5) is 13.6. The third-order valence-electron chi connectivity index (χ3n) is 4.79. The molecule has 1 unspecified atom stereocenters. The van der Waals surface area contributed by atoms with E-state index < -0.39 is 11.4 Å². The van der Waals surface area contributed by atoms with Crippen LogP contribution in [0, 0.1) is 11.2 Å². The van der Waals surface area contributed by atoms with Gasteiger partial charge in [0.2, 0.25) is 0 Å². The van der Waals surface area contributed by atoms with E-state index in [2.05, 4.69) is 4.90 Å². The van der Waals surface area contributed by atoms with Crippen LogP contribution in [0.1, 0.15) is 44.7 Å². The predicted octanol–water partition coefficient (Wildman–Crippen LogP) is 3.46. The van der Waals surface area contributed by atoms with E-state index in [1.807, 2.05) is 19.9 Å². The molecular formula is C16H22FNO2. The van der Waals surface area contributed by atoms with Gasteiger partial charge in [0.1, 0.15) is 5.82 Å². The molecule has 1 aliphatic rings. The summed E-state index contributed by atoms with van der Waals surface area (Å²) in [7, 11) is 0. The molecule has 1 heterocycles. The van der Waals surface area contributed by atoms with Gasteiger partial charge in [-0.1, -0.05) is 25.1 Å². The molecule has 1 saturated heterocycles. The van der Waals surface area contributed by atoms with Crippen LogP contribution >= 0.6 is 0 Å². The van der Waals surface area contributed by atoms with Gasteiger partial charge in [-0.2, -0.15) is 0 Å². The van der Waals surface area contributed by atoms with Crippen LogP contribution in [0.4, 0.5) is 4.39 Å². The first-order valence-corrected chi connectivity index (χ1v) is 7.22. The molecule has 110 valence electrons. The highest BCUT2D eigenvalue weighted by atomic mass is 19.1. The Balaban J connectivity index is 2.07. The fourth-order valence-electron chi connectivity index (χ4n) is 3.07. The molecule has 1 aromatic rings. The number of carbonyl (C=O) groups is 1. The fraction of sp³-hybridized carbons (Fsp3) is 0.562. The summed E-state index contributed by atoms with van der Waals surface area (Å²) in [6.45, 7) is 5.33. The minimum atomic E-state index is -0.696. The Morgan fingerprint density at radius 3 is 2.50 bits per heavy atom. The molecular weight excluding hydrogens is 257 g/mol. The average Bonchev–Trinajstić information content (AvgIpc) is 2.47. The second kappa shape index (κ2) is 5.92. The highest BCUT2D eigenvalue weighted by molar-refractivity contribution is 5.74. The molecule has 3 nitrogen and oxygen atoms in total. The van der Waals surface area contributed by atoms with Crippen LogP contribution < -0.4 is 0 Å². The predicted molar refractivity (Wildman–Crippen MR) is 76.0 cm³/mol. The van der Waals surface area contributed by atoms with Crippen molar-refractivity contribution >= 4 is 5.97 Å². The van der Waals surface area contributed by atoms with E-state index in [4.69, 9.17) is 0 Å². The minimum absolute atomic E-state index is 0.0140. The van der Waals surface area contributed by atoms with Crippen LogP contribution in [-0.4, -0.2) is 29.1 Å². The summed E-state index contributed by atoms with van der Waals surface area (Å²) in [6, 6.07) is 6.79. The van der Waals surface area contributed by atoms with Crippen molar-refractivity contribution in [1.29, 1.82) is 0 Å². The van der Waals surface area contributed by atoms with Crippen molar-refractivity contribution < 1.29 is 14.3 Å². The molecule has 0 spiro atoms. The Morgan fingerprint density at radius 1 is 1.40 bits per heavy atom. The maximum atomic E-state index is 13.8. The van der Waals surface area contributed by atoms with Crippen molar-refractivity contribution in [2.45, 2.75) is 39.2 Å². The maximum Gasteiger partial charge on any atom is 0.309 e. The molecule has 1 aromatic carbocycles. The summed E-state index contributed by atoms with van der Waals surface area (Å²) < 4.78 is 13.8. The molecule has 0 radical (unpaired) electrons. The van der Waals surface area contributed by atoms with Gasteiger partial charge in [0.25, 0.3) is 0 Å². The van der Waals surface area contributed by atoms with Crippen molar-refractivity contribution in [3.05, 3.63) is 35.6 Å². The van der Waals surface area contributed by atoms with Crippen LogP contribution in [0.15, 0.2) is 24.3 Å². The van der Waals surface area contributed by atoms with Gasteiger partial charge in [0.15, 0.2) is 0 Å². The van der Waals surface area contributed by atoms with Gasteiger partial charge >= 0.3 is 5.97 Å². The Kier molecular flexibility index (Phi) is 4.43. The van der Waals surface area contributed by atoms with Crippen molar-refractivity contribution in [2.24, 2.45) is 5.41 Å². The minimum Gasteiger partial charge on any atom is -0.481 e. The van der Waals surface area contributed by atoms with E-state index in [1.54, 1.807) is 12.1 Å². The number of halogens is 1. The van der Waals surface area contributed by atoms with E-state index in [9.17, 15) is 14.3 Å². The lowest BCUT2D eigenvalue weighted by molar-refractivity contribution is -0.152. The van der Waals surface area contributed by atoms with E-state index in [0.717, 1.165) is 0 Å². The number of benzene rings is 1. The first kappa shape index (κ1) is 15.0. The highest BCUT2D eigenvalue weighted by Gasteiger charge is 2.40. The number of piperidine rings is 1. The standard InChI is InChI=1S/C16H22FNO2/c1-3-16(15(19)20)8-10-18(11-9-16)12(2)13-6-4-5-7-14(13)17/h4-7,12H,3,8-11H2,1-2H3,(H,19,20). The number of hydrogen-bond donors (Lipinski definition) is 1. The molecule has 2 rings (SSSR count). The first-order valence-electron chi connectivity index (χ1n) is 7.22. The Morgan fingerprint density at radius 2 is 2.00 bits per heavy atom. The average molecular weight is 279 g/mol. The van der Waals surface area contributed by atoms with Gasteiger partial charge in [-0.3, -0.25) is 9.69 Å². The van der Waals surface area contributed by atoms with Gasteiger partial charge in [-0.05, 0) is 45.3 Å². The largest absolute Gasteiger partial charge is 0.481 e. The lowest BCUT2D eigenvalue weighted by Crippen LogP contribution is -2.44. The van der Waals surface area contributed by atoms with Gasteiger partial charge in [-0.25, -0.2) is 4.39 Å². The molecule has 0 saturated carbocycles. The third-order valence-corrected chi connectivity index (χ3v) is 4.79. The lowest BCUT2D eigenvalue weighted by Gasteiger charge is -2.41. The maximum absolute atomic E-state index is 13.8. The van der Waals surface area contributed by atoms with E-state index in [0.29, 0.717) is 37.9 Å². The third kappa shape index (κ3) is 2.70. The SMILES string of the molecule is CCC1(C(=O)O)CCN(C(C)c2ccccc2F)CC1. The van der Waals surface area contributed by atoms with E-state index in [-0.39, 0.29) is 11.9 Å². The Hall–Kier alpha value is -1.42. The second-order valence-corrected chi connectivity index (χ2v) is 5.67. The van der Waals surface area contributed by atoms with Crippen molar-refractivity contribution in [2.75, 3.05) is 13.1 Å². The summed E-state index contributed by atoms with van der Waals surface area (Å²) >= 11 is 0. The number of hydrogen-bond acceptors (Lipinski definition) is 2. The fourth-order valence-corrected chi connectivity index (χ4v) is 3.07. The van der Waals surface area contributed by atoms with Crippen molar-refractivity contribution in [3.63, 3.8) is 0 Å². The van der Waals surface area contributed by atoms with Gasteiger partial charge in [0, 0.05) is 11.6 Å². The molecule has 0 amide bonds. The number of carboxylic acids is 1. The number of nitrogens with zero attached hydrogens (tertiary/aromatic N) is 1. The van der Waals surface area contributed by atoms with Crippen LogP contribution in [-0.2, 0) is 4.79 Å². The zero-order valence-corrected chi connectivity index (χ0v) is 12.1. The quantitative estimate of drug-likeness (QED) is 0.917. The smallest absolute Gasteiger partial charge is 0.309 e. The Bertz CT molecular complexity index is 481. The van der Waals surface area contributed by atoms with E-state index in [1.165, 1.54) is 6.07 Å². The zero-order valence-electron chi connectivity index (χ0n) is 12.1. The monoisotopic (exact) mass is 279 g/mol. The molecule has 0 aromatic heterocycles. The van der Waals surface area contributed by atoms with Crippen LogP contribution in [0.5, 0.6) is 0 Å². The van der Waals surface area contributed by atoms with Gasteiger partial charge in [-0.15, -0.1) is 0 Å². The topological polar surface area (TPSA) is 40.5 Å². The summed E-state index contributed by atoms with van der Waals surface area (Å²) in [5.74, 6) is -0.885. The van der Waals surface area contributed by atoms with Gasteiger partial charge < -0.3 is 5.11 Å². The molecule has 0 aliphatic carbocycles. The summed E-state index contributed by atoms with van der Waals surface area (Å²) in [5.41, 5.74) is 0.0951. The molecule has 1 N–H and O–H groups in total. The number of likely N-dealkylation sites (tertiary alicyclic amines) is 1. The molecule has 1 fully saturated rings. The molecule has 1 atom stereocenters. The first-order chi connectivity index (χ1) is 9.50. The van der Waals surface area contributed by atoms with Crippen molar-refractivity contribution in [1.82, 2.24) is 4.90 Å². The molecule has 4 heteroatoms. The molecule has 20 heavy (non-hydrogen) atoms. The zero-order chi connectivity index (χ0) is 14.8.